The molecule has 0 aromatic heterocycles. The molecule has 2 unspecified atom stereocenters. The zero-order valence-corrected chi connectivity index (χ0v) is 8.31. The van der Waals surface area contributed by atoms with Crippen molar-refractivity contribution in [3.63, 3.8) is 0 Å². The Morgan fingerprint density at radius 2 is 1.75 bits per heavy atom. The minimum atomic E-state index is 0.440. The summed E-state index contributed by atoms with van der Waals surface area (Å²) in [6.07, 6.45) is 8.40. The van der Waals surface area contributed by atoms with Crippen LogP contribution in [-0.4, -0.2) is 26.3 Å². The lowest BCUT2D eigenvalue weighted by molar-refractivity contribution is 0.0544. The minimum Gasteiger partial charge on any atom is -0.380 e. The molecule has 0 aromatic carbocycles. The van der Waals surface area contributed by atoms with Crippen LogP contribution in [0.25, 0.3) is 0 Å². The molecule has 0 spiro atoms. The maximum absolute atomic E-state index is 5.47. The lowest BCUT2D eigenvalue weighted by Gasteiger charge is -2.27. The van der Waals surface area contributed by atoms with Crippen LogP contribution in [0, 0.1) is 0 Å². The highest BCUT2D eigenvalue weighted by Crippen LogP contribution is 2.19. The molecular formula is C10H21NO. The van der Waals surface area contributed by atoms with E-state index in [1.54, 1.807) is 0 Å². The second-order valence-corrected chi connectivity index (χ2v) is 3.66. The minimum absolute atomic E-state index is 0.440. The van der Waals surface area contributed by atoms with Gasteiger partial charge < -0.3 is 10.1 Å². The third-order valence-electron chi connectivity index (χ3n) is 2.88. The van der Waals surface area contributed by atoms with Gasteiger partial charge in [0.2, 0.25) is 0 Å². The van der Waals surface area contributed by atoms with E-state index in [0.717, 1.165) is 0 Å². The summed E-state index contributed by atoms with van der Waals surface area (Å²) >= 11 is 0. The number of nitrogens with one attached hydrogen (secondary N) is 1. The van der Waals surface area contributed by atoms with Crippen LogP contribution >= 0.6 is 0 Å². The molecule has 0 bridgehead atoms. The third kappa shape index (κ3) is 2.76. The highest BCUT2D eigenvalue weighted by molar-refractivity contribution is 4.77. The molecule has 2 atom stereocenters. The molecule has 2 heteroatoms. The van der Waals surface area contributed by atoms with E-state index in [9.17, 15) is 0 Å². The van der Waals surface area contributed by atoms with Gasteiger partial charge in [0.1, 0.15) is 0 Å². The van der Waals surface area contributed by atoms with E-state index >= 15 is 0 Å². The van der Waals surface area contributed by atoms with Gasteiger partial charge in [-0.05, 0) is 19.9 Å². The van der Waals surface area contributed by atoms with Gasteiger partial charge in [-0.15, -0.1) is 0 Å². The van der Waals surface area contributed by atoms with Gasteiger partial charge in [0.25, 0.3) is 0 Å². The standard InChI is InChI=1S/C10H21NO/c1-11-9-7-5-3-4-6-8-10(9)12-2/h9-11H,3-8H2,1-2H3. The molecule has 72 valence electrons. The zero-order valence-electron chi connectivity index (χ0n) is 8.31. The predicted octanol–water partition coefficient (Wildman–Crippen LogP) is 1.94. The van der Waals surface area contributed by atoms with Gasteiger partial charge in [0.05, 0.1) is 6.10 Å². The fraction of sp³-hybridized carbons (Fsp3) is 1.00. The Labute approximate surface area is 75.7 Å². The van der Waals surface area contributed by atoms with Gasteiger partial charge in [-0.3, -0.25) is 0 Å². The van der Waals surface area contributed by atoms with Gasteiger partial charge in [0.15, 0.2) is 0 Å². The van der Waals surface area contributed by atoms with Crippen molar-refractivity contribution >= 4 is 0 Å². The molecule has 1 aliphatic rings. The third-order valence-corrected chi connectivity index (χ3v) is 2.88. The number of likely N-dealkylation sites (N-methyl/N-ethyl adjacent to an activating group) is 1. The number of hydrogen-bond donors (Lipinski definition) is 1. The van der Waals surface area contributed by atoms with Crippen LogP contribution in [0.4, 0.5) is 0 Å². The summed E-state index contributed by atoms with van der Waals surface area (Å²) in [5.74, 6) is 0. The van der Waals surface area contributed by atoms with Crippen molar-refractivity contribution in [3.05, 3.63) is 0 Å². The summed E-state index contributed by atoms with van der Waals surface area (Å²) in [5, 5.41) is 3.35. The topological polar surface area (TPSA) is 21.3 Å². The SMILES string of the molecule is CNC1CCCCCCC1OC. The van der Waals surface area contributed by atoms with E-state index < -0.39 is 0 Å². The Bertz CT molecular complexity index is 102. The molecular weight excluding hydrogens is 150 g/mol. The molecule has 0 radical (unpaired) electrons. The summed E-state index contributed by atoms with van der Waals surface area (Å²) in [4.78, 5) is 0. The number of methoxy groups -OCH3 is 1. The van der Waals surface area contributed by atoms with Gasteiger partial charge in [0, 0.05) is 13.2 Å². The monoisotopic (exact) mass is 171 g/mol. The van der Waals surface area contributed by atoms with Gasteiger partial charge in [-0.2, -0.15) is 0 Å². The normalized spacial score (nSPS) is 32.5. The average molecular weight is 171 g/mol. The van der Waals surface area contributed by atoms with Crippen molar-refractivity contribution in [2.75, 3.05) is 14.2 Å². The smallest absolute Gasteiger partial charge is 0.0724 e. The summed E-state index contributed by atoms with van der Waals surface area (Å²) in [6, 6.07) is 0.579. The van der Waals surface area contributed by atoms with E-state index in [1.807, 2.05) is 14.2 Å². The maximum atomic E-state index is 5.47. The molecule has 1 fully saturated rings. The van der Waals surface area contributed by atoms with Crippen LogP contribution in [-0.2, 0) is 4.74 Å². The van der Waals surface area contributed by atoms with Crippen molar-refractivity contribution < 1.29 is 4.74 Å². The first-order chi connectivity index (χ1) is 5.88. The van der Waals surface area contributed by atoms with E-state index in [-0.39, 0.29) is 0 Å². The first-order valence-electron chi connectivity index (χ1n) is 5.08. The average Bonchev–Trinajstić information content (AvgIpc) is 2.05. The van der Waals surface area contributed by atoms with Gasteiger partial charge in [-0.1, -0.05) is 25.7 Å². The Kier molecular flexibility index (Phi) is 4.62. The molecule has 2 nitrogen and oxygen atoms in total. The summed E-state index contributed by atoms with van der Waals surface area (Å²) in [7, 11) is 3.87. The lowest BCUT2D eigenvalue weighted by atomic mass is 9.94. The van der Waals surface area contributed by atoms with Crippen molar-refractivity contribution in [1.29, 1.82) is 0 Å². The molecule has 1 rings (SSSR count). The Balaban J connectivity index is 2.39. The molecule has 0 amide bonds. The van der Waals surface area contributed by atoms with Crippen LogP contribution in [0.2, 0.25) is 0 Å². The van der Waals surface area contributed by atoms with Crippen LogP contribution in [0.5, 0.6) is 0 Å². The largest absolute Gasteiger partial charge is 0.380 e. The van der Waals surface area contributed by atoms with Crippen LogP contribution in [0.15, 0.2) is 0 Å². The molecule has 1 saturated carbocycles. The van der Waals surface area contributed by atoms with Gasteiger partial charge >= 0.3 is 0 Å². The van der Waals surface area contributed by atoms with E-state index in [1.165, 1.54) is 38.5 Å². The maximum Gasteiger partial charge on any atom is 0.0724 e. The second-order valence-electron chi connectivity index (χ2n) is 3.66. The van der Waals surface area contributed by atoms with E-state index in [2.05, 4.69) is 5.32 Å². The summed E-state index contributed by atoms with van der Waals surface area (Å²) in [6.45, 7) is 0. The molecule has 1 N–H and O–H groups in total. The molecule has 0 aliphatic heterocycles. The van der Waals surface area contributed by atoms with E-state index in [4.69, 9.17) is 4.74 Å². The number of hydrogen-bond acceptors (Lipinski definition) is 2. The van der Waals surface area contributed by atoms with Crippen molar-refractivity contribution in [2.45, 2.75) is 50.7 Å². The number of ether oxygens (including phenoxy) is 1. The van der Waals surface area contributed by atoms with Crippen LogP contribution in [0.1, 0.15) is 38.5 Å². The highest BCUT2D eigenvalue weighted by atomic mass is 16.5. The summed E-state index contributed by atoms with van der Waals surface area (Å²) < 4.78 is 5.47. The van der Waals surface area contributed by atoms with Gasteiger partial charge in [-0.25, -0.2) is 0 Å². The van der Waals surface area contributed by atoms with Crippen molar-refractivity contribution in [1.82, 2.24) is 5.32 Å². The summed E-state index contributed by atoms with van der Waals surface area (Å²) in [5.41, 5.74) is 0. The Morgan fingerprint density at radius 3 is 2.33 bits per heavy atom. The Morgan fingerprint density at radius 1 is 1.08 bits per heavy atom. The molecule has 0 aromatic rings. The highest BCUT2D eigenvalue weighted by Gasteiger charge is 2.20. The predicted molar refractivity (Wildman–Crippen MR) is 51.3 cm³/mol. The first-order valence-corrected chi connectivity index (χ1v) is 5.08. The van der Waals surface area contributed by atoms with Crippen molar-refractivity contribution in [3.8, 4) is 0 Å². The number of rotatable bonds is 2. The lowest BCUT2D eigenvalue weighted by Crippen LogP contribution is -2.39. The molecule has 0 heterocycles. The zero-order chi connectivity index (χ0) is 8.81. The first kappa shape index (κ1) is 10.0. The fourth-order valence-corrected chi connectivity index (χ4v) is 2.06. The Hall–Kier alpha value is -0.0800. The van der Waals surface area contributed by atoms with Crippen LogP contribution in [0.3, 0.4) is 0 Å². The molecule has 0 saturated heterocycles. The second kappa shape index (κ2) is 5.55. The fourth-order valence-electron chi connectivity index (χ4n) is 2.06. The molecule has 12 heavy (non-hydrogen) atoms. The molecule has 1 aliphatic carbocycles. The van der Waals surface area contributed by atoms with E-state index in [0.29, 0.717) is 12.1 Å². The quantitative estimate of drug-likeness (QED) is 0.685. The van der Waals surface area contributed by atoms with Crippen molar-refractivity contribution in [2.24, 2.45) is 0 Å². The van der Waals surface area contributed by atoms with Crippen LogP contribution < -0.4 is 5.32 Å².